The summed E-state index contributed by atoms with van der Waals surface area (Å²) in [5, 5.41) is 3.07. The van der Waals surface area contributed by atoms with Crippen LogP contribution >= 0.6 is 0 Å². The zero-order valence-electron chi connectivity index (χ0n) is 9.91. The highest BCUT2D eigenvalue weighted by atomic mass is 32.2. The summed E-state index contributed by atoms with van der Waals surface area (Å²) in [4.78, 5) is 0. The second-order valence-electron chi connectivity index (χ2n) is 3.78. The molecule has 0 aliphatic heterocycles. The summed E-state index contributed by atoms with van der Waals surface area (Å²) >= 11 is 0. The van der Waals surface area contributed by atoms with Crippen LogP contribution in [0.2, 0.25) is 0 Å². The first-order valence-electron chi connectivity index (χ1n) is 5.19. The predicted molar refractivity (Wildman–Crippen MR) is 64.4 cm³/mol. The predicted octanol–water partition coefficient (Wildman–Crippen LogP) is 0.824. The van der Waals surface area contributed by atoms with Crippen molar-refractivity contribution in [1.82, 2.24) is 9.62 Å². The number of likely N-dealkylation sites (N-methyl/N-ethyl adjacent to an activating group) is 1. The van der Waals surface area contributed by atoms with E-state index >= 15 is 0 Å². The number of sulfonamides is 1. The van der Waals surface area contributed by atoms with Crippen LogP contribution in [0.15, 0.2) is 12.2 Å². The van der Waals surface area contributed by atoms with Crippen LogP contribution in [0, 0.1) is 0 Å². The van der Waals surface area contributed by atoms with Gasteiger partial charge >= 0.3 is 0 Å². The maximum absolute atomic E-state index is 11.7. The van der Waals surface area contributed by atoms with Crippen LogP contribution in [-0.2, 0) is 10.0 Å². The Kier molecular flexibility index (Phi) is 6.80. The SMILES string of the molecule is C=C(C)CN(C)S(=O)(=O)CCNCCC. The summed E-state index contributed by atoms with van der Waals surface area (Å²) < 4.78 is 24.7. The van der Waals surface area contributed by atoms with Crippen molar-refractivity contribution < 1.29 is 8.42 Å². The zero-order chi connectivity index (χ0) is 11.9. The summed E-state index contributed by atoms with van der Waals surface area (Å²) in [6.07, 6.45) is 1.02. The van der Waals surface area contributed by atoms with E-state index < -0.39 is 10.0 Å². The van der Waals surface area contributed by atoms with Crippen LogP contribution in [0.1, 0.15) is 20.3 Å². The molecular weight excluding hydrogens is 212 g/mol. The summed E-state index contributed by atoms with van der Waals surface area (Å²) in [5.74, 6) is 0.150. The first kappa shape index (κ1) is 14.6. The Morgan fingerprint density at radius 1 is 1.40 bits per heavy atom. The first-order valence-corrected chi connectivity index (χ1v) is 6.80. The minimum atomic E-state index is -3.13. The standard InChI is InChI=1S/C10H22N2O2S/c1-5-6-11-7-8-15(13,14)12(4)9-10(2)3/h11H,2,5-9H2,1,3-4H3. The number of nitrogens with one attached hydrogen (secondary N) is 1. The van der Waals surface area contributed by atoms with Gasteiger partial charge in [0.15, 0.2) is 0 Å². The Morgan fingerprint density at radius 2 is 2.00 bits per heavy atom. The maximum Gasteiger partial charge on any atom is 0.215 e. The van der Waals surface area contributed by atoms with Gasteiger partial charge in [0, 0.05) is 20.1 Å². The van der Waals surface area contributed by atoms with Gasteiger partial charge in [0.1, 0.15) is 0 Å². The Labute approximate surface area is 93.4 Å². The third kappa shape index (κ3) is 6.65. The topological polar surface area (TPSA) is 49.4 Å². The van der Waals surface area contributed by atoms with Crippen molar-refractivity contribution in [1.29, 1.82) is 0 Å². The van der Waals surface area contributed by atoms with E-state index in [1.165, 1.54) is 4.31 Å². The molecule has 0 aromatic carbocycles. The zero-order valence-corrected chi connectivity index (χ0v) is 10.7. The minimum absolute atomic E-state index is 0.150. The van der Waals surface area contributed by atoms with Crippen LogP contribution in [-0.4, -0.2) is 45.2 Å². The van der Waals surface area contributed by atoms with Gasteiger partial charge in [-0.25, -0.2) is 12.7 Å². The molecule has 0 radical (unpaired) electrons. The molecule has 1 N–H and O–H groups in total. The molecule has 0 saturated heterocycles. The van der Waals surface area contributed by atoms with Crippen molar-refractivity contribution >= 4 is 10.0 Å². The number of hydrogen-bond acceptors (Lipinski definition) is 3. The van der Waals surface area contributed by atoms with Crippen LogP contribution < -0.4 is 5.32 Å². The van der Waals surface area contributed by atoms with Gasteiger partial charge in [-0.05, 0) is 19.9 Å². The second-order valence-corrected chi connectivity index (χ2v) is 5.97. The van der Waals surface area contributed by atoms with Crippen LogP contribution in [0.25, 0.3) is 0 Å². The van der Waals surface area contributed by atoms with Gasteiger partial charge in [-0.3, -0.25) is 0 Å². The van der Waals surface area contributed by atoms with E-state index in [2.05, 4.69) is 18.8 Å². The highest BCUT2D eigenvalue weighted by Crippen LogP contribution is 2.00. The van der Waals surface area contributed by atoms with Crippen LogP contribution in [0.5, 0.6) is 0 Å². The molecular formula is C10H22N2O2S. The average Bonchev–Trinajstić information content (AvgIpc) is 2.11. The summed E-state index contributed by atoms with van der Waals surface area (Å²) in [6.45, 7) is 9.34. The molecule has 0 aliphatic rings. The molecule has 15 heavy (non-hydrogen) atoms. The molecule has 0 fully saturated rings. The lowest BCUT2D eigenvalue weighted by Crippen LogP contribution is -2.34. The minimum Gasteiger partial charge on any atom is -0.316 e. The van der Waals surface area contributed by atoms with Gasteiger partial charge in [0.05, 0.1) is 5.75 Å². The molecule has 0 aromatic rings. The van der Waals surface area contributed by atoms with E-state index in [4.69, 9.17) is 0 Å². The molecule has 0 spiro atoms. The molecule has 0 amide bonds. The lowest BCUT2D eigenvalue weighted by Gasteiger charge is -2.17. The van der Waals surface area contributed by atoms with Gasteiger partial charge in [-0.1, -0.05) is 19.1 Å². The highest BCUT2D eigenvalue weighted by molar-refractivity contribution is 7.89. The van der Waals surface area contributed by atoms with Crippen LogP contribution in [0.3, 0.4) is 0 Å². The third-order valence-electron chi connectivity index (χ3n) is 1.93. The lowest BCUT2D eigenvalue weighted by atomic mass is 10.4. The molecule has 0 aliphatic carbocycles. The van der Waals surface area contributed by atoms with Crippen LogP contribution in [0.4, 0.5) is 0 Å². The van der Waals surface area contributed by atoms with E-state index in [1.54, 1.807) is 7.05 Å². The summed E-state index contributed by atoms with van der Waals surface area (Å²) in [5.41, 5.74) is 0.850. The summed E-state index contributed by atoms with van der Waals surface area (Å²) in [7, 11) is -1.54. The third-order valence-corrected chi connectivity index (χ3v) is 3.73. The van der Waals surface area contributed by atoms with E-state index in [1.807, 2.05) is 6.92 Å². The van der Waals surface area contributed by atoms with Crippen molar-refractivity contribution in [3.63, 3.8) is 0 Å². The number of rotatable bonds is 8. The Hall–Kier alpha value is -0.390. The molecule has 90 valence electrons. The average molecular weight is 234 g/mol. The fourth-order valence-corrected chi connectivity index (χ4v) is 2.27. The Balaban J connectivity index is 4.00. The number of nitrogens with zero attached hydrogens (tertiary/aromatic N) is 1. The van der Waals surface area contributed by atoms with Gasteiger partial charge < -0.3 is 5.32 Å². The van der Waals surface area contributed by atoms with E-state index in [-0.39, 0.29) is 5.75 Å². The smallest absolute Gasteiger partial charge is 0.215 e. The largest absolute Gasteiger partial charge is 0.316 e. The Bertz CT molecular complexity index is 286. The van der Waals surface area contributed by atoms with Gasteiger partial charge in [-0.15, -0.1) is 0 Å². The Morgan fingerprint density at radius 3 is 2.47 bits per heavy atom. The van der Waals surface area contributed by atoms with Crippen molar-refractivity contribution in [2.75, 3.05) is 32.4 Å². The molecule has 0 heterocycles. The van der Waals surface area contributed by atoms with Crippen molar-refractivity contribution in [2.45, 2.75) is 20.3 Å². The fourth-order valence-electron chi connectivity index (χ4n) is 1.14. The fraction of sp³-hybridized carbons (Fsp3) is 0.800. The van der Waals surface area contributed by atoms with Crippen molar-refractivity contribution in [3.8, 4) is 0 Å². The maximum atomic E-state index is 11.7. The molecule has 0 saturated carbocycles. The lowest BCUT2D eigenvalue weighted by molar-refractivity contribution is 0.490. The first-order chi connectivity index (χ1) is 6.90. The summed E-state index contributed by atoms with van der Waals surface area (Å²) in [6, 6.07) is 0. The van der Waals surface area contributed by atoms with E-state index in [0.29, 0.717) is 13.1 Å². The molecule has 0 unspecified atom stereocenters. The molecule has 5 heteroatoms. The molecule has 0 rings (SSSR count). The molecule has 4 nitrogen and oxygen atoms in total. The van der Waals surface area contributed by atoms with Gasteiger partial charge in [-0.2, -0.15) is 0 Å². The number of hydrogen-bond donors (Lipinski definition) is 1. The molecule has 0 bridgehead atoms. The second kappa shape index (κ2) is 6.98. The monoisotopic (exact) mass is 234 g/mol. The highest BCUT2D eigenvalue weighted by Gasteiger charge is 2.16. The normalized spacial score (nSPS) is 12.0. The van der Waals surface area contributed by atoms with E-state index in [0.717, 1.165) is 18.5 Å². The van der Waals surface area contributed by atoms with Gasteiger partial charge in [0.2, 0.25) is 10.0 Å². The molecule has 0 atom stereocenters. The van der Waals surface area contributed by atoms with Crippen molar-refractivity contribution in [2.24, 2.45) is 0 Å². The van der Waals surface area contributed by atoms with Gasteiger partial charge in [0.25, 0.3) is 0 Å². The molecule has 0 aromatic heterocycles. The van der Waals surface area contributed by atoms with E-state index in [9.17, 15) is 8.42 Å². The quantitative estimate of drug-likeness (QED) is 0.500. The van der Waals surface area contributed by atoms with Crippen molar-refractivity contribution in [3.05, 3.63) is 12.2 Å².